The molecule has 0 saturated carbocycles. The summed E-state index contributed by atoms with van der Waals surface area (Å²) in [4.78, 5) is 21.3. The fourth-order valence-corrected chi connectivity index (χ4v) is 3.07. The van der Waals surface area contributed by atoms with E-state index in [0.29, 0.717) is 10.8 Å². The monoisotopic (exact) mass is 347 g/mol. The predicted octanol–water partition coefficient (Wildman–Crippen LogP) is 3.64. The Kier molecular flexibility index (Phi) is 4.05. The number of thiazole rings is 1. The van der Waals surface area contributed by atoms with Crippen molar-refractivity contribution in [1.82, 2.24) is 19.7 Å². The lowest BCUT2D eigenvalue weighted by molar-refractivity contribution is 0.101. The molecule has 25 heavy (non-hydrogen) atoms. The van der Waals surface area contributed by atoms with Gasteiger partial charge >= 0.3 is 0 Å². The van der Waals surface area contributed by atoms with Crippen LogP contribution < -0.4 is 5.32 Å². The molecule has 0 atom stereocenters. The zero-order valence-electron chi connectivity index (χ0n) is 13.0. The second-order valence-electron chi connectivity index (χ2n) is 5.17. The van der Waals surface area contributed by atoms with Crippen LogP contribution in [0.25, 0.3) is 17.1 Å². The zero-order chi connectivity index (χ0) is 17.1. The lowest BCUT2D eigenvalue weighted by atomic mass is 10.3. The van der Waals surface area contributed by atoms with E-state index < -0.39 is 0 Å². The standard InChI is InChI=1S/C18H13N5OS/c24-17(16-9-11-20-23(16)13-6-2-1-3-7-13)22-18-21-15(12-25-18)14-8-4-5-10-19-14/h1-12H,(H,21,22,24). The number of hydrogen-bond acceptors (Lipinski definition) is 5. The maximum absolute atomic E-state index is 12.6. The smallest absolute Gasteiger partial charge is 0.276 e. The highest BCUT2D eigenvalue weighted by Crippen LogP contribution is 2.23. The van der Waals surface area contributed by atoms with Gasteiger partial charge in [-0.05, 0) is 30.3 Å². The molecule has 0 bridgehead atoms. The third kappa shape index (κ3) is 3.17. The molecule has 4 rings (SSSR count). The molecule has 1 aromatic carbocycles. The second-order valence-corrected chi connectivity index (χ2v) is 6.03. The molecular weight excluding hydrogens is 334 g/mol. The number of hydrogen-bond donors (Lipinski definition) is 1. The third-order valence-corrected chi connectivity index (χ3v) is 4.29. The average Bonchev–Trinajstić information content (AvgIpc) is 3.33. The van der Waals surface area contributed by atoms with Crippen molar-refractivity contribution in [3.05, 3.63) is 78.1 Å². The Bertz CT molecular complexity index is 995. The first kappa shape index (κ1) is 15.2. The molecule has 0 radical (unpaired) electrons. The lowest BCUT2D eigenvalue weighted by Crippen LogP contribution is -2.16. The SMILES string of the molecule is O=C(Nc1nc(-c2ccccn2)cs1)c1ccnn1-c1ccccc1. The van der Waals surface area contributed by atoms with Crippen molar-refractivity contribution < 1.29 is 4.79 Å². The molecule has 0 aliphatic heterocycles. The summed E-state index contributed by atoms with van der Waals surface area (Å²) in [6.07, 6.45) is 3.31. The molecule has 0 aliphatic rings. The molecule has 1 amide bonds. The quantitative estimate of drug-likeness (QED) is 0.612. The van der Waals surface area contributed by atoms with Crippen molar-refractivity contribution >= 4 is 22.4 Å². The molecule has 0 aliphatic carbocycles. The van der Waals surface area contributed by atoms with Crippen LogP contribution in [-0.4, -0.2) is 25.7 Å². The van der Waals surface area contributed by atoms with Crippen LogP contribution in [0.4, 0.5) is 5.13 Å². The van der Waals surface area contributed by atoms with Gasteiger partial charge in [-0.3, -0.25) is 15.1 Å². The summed E-state index contributed by atoms with van der Waals surface area (Å²) < 4.78 is 1.60. The average molecular weight is 347 g/mol. The van der Waals surface area contributed by atoms with E-state index in [2.05, 4.69) is 20.4 Å². The normalized spacial score (nSPS) is 10.6. The Labute approximate surface area is 147 Å². The van der Waals surface area contributed by atoms with Gasteiger partial charge in [0.25, 0.3) is 5.91 Å². The number of aromatic nitrogens is 4. The fourth-order valence-electron chi connectivity index (χ4n) is 2.37. The van der Waals surface area contributed by atoms with Crippen LogP contribution in [0.5, 0.6) is 0 Å². The molecule has 4 aromatic rings. The minimum Gasteiger partial charge on any atom is -0.296 e. The molecule has 6 nitrogen and oxygen atoms in total. The molecule has 1 N–H and O–H groups in total. The third-order valence-electron chi connectivity index (χ3n) is 3.53. The second kappa shape index (κ2) is 6.66. The van der Waals surface area contributed by atoms with Gasteiger partial charge < -0.3 is 0 Å². The summed E-state index contributed by atoms with van der Waals surface area (Å²) in [5, 5.41) is 9.44. The highest BCUT2D eigenvalue weighted by atomic mass is 32.1. The van der Waals surface area contributed by atoms with Gasteiger partial charge in [0.15, 0.2) is 5.13 Å². The molecule has 0 spiro atoms. The van der Waals surface area contributed by atoms with E-state index in [-0.39, 0.29) is 5.91 Å². The van der Waals surface area contributed by atoms with Crippen LogP contribution in [0.3, 0.4) is 0 Å². The minimum absolute atomic E-state index is 0.261. The van der Waals surface area contributed by atoms with Gasteiger partial charge in [0, 0.05) is 11.6 Å². The summed E-state index contributed by atoms with van der Waals surface area (Å²) in [7, 11) is 0. The van der Waals surface area contributed by atoms with Gasteiger partial charge in [-0.2, -0.15) is 5.10 Å². The summed E-state index contributed by atoms with van der Waals surface area (Å²) in [6.45, 7) is 0. The zero-order valence-corrected chi connectivity index (χ0v) is 13.9. The van der Waals surface area contributed by atoms with E-state index >= 15 is 0 Å². The van der Waals surface area contributed by atoms with E-state index in [4.69, 9.17) is 0 Å². The first-order chi connectivity index (χ1) is 12.3. The number of carbonyl (C=O) groups excluding carboxylic acids is 1. The largest absolute Gasteiger partial charge is 0.296 e. The first-order valence-electron chi connectivity index (χ1n) is 7.59. The van der Waals surface area contributed by atoms with Gasteiger partial charge in [-0.1, -0.05) is 24.3 Å². The van der Waals surface area contributed by atoms with Crippen LogP contribution >= 0.6 is 11.3 Å². The van der Waals surface area contributed by atoms with E-state index in [0.717, 1.165) is 17.1 Å². The minimum atomic E-state index is -0.261. The van der Waals surface area contributed by atoms with Crippen molar-refractivity contribution in [3.8, 4) is 17.1 Å². The number of amides is 1. The highest BCUT2D eigenvalue weighted by Gasteiger charge is 2.15. The van der Waals surface area contributed by atoms with Crippen LogP contribution in [-0.2, 0) is 0 Å². The van der Waals surface area contributed by atoms with Gasteiger partial charge in [-0.15, -0.1) is 11.3 Å². The Morgan fingerprint density at radius 2 is 1.80 bits per heavy atom. The van der Waals surface area contributed by atoms with E-state index in [1.54, 1.807) is 23.1 Å². The van der Waals surface area contributed by atoms with Crippen molar-refractivity contribution in [3.63, 3.8) is 0 Å². The van der Waals surface area contributed by atoms with Crippen LogP contribution in [0.1, 0.15) is 10.5 Å². The molecule has 0 fully saturated rings. The maximum Gasteiger partial charge on any atom is 0.276 e. The van der Waals surface area contributed by atoms with E-state index in [1.165, 1.54) is 11.3 Å². The number of nitrogens with one attached hydrogen (secondary N) is 1. The van der Waals surface area contributed by atoms with Crippen molar-refractivity contribution in [2.75, 3.05) is 5.32 Å². The molecule has 3 heterocycles. The summed E-state index contributed by atoms with van der Waals surface area (Å²) >= 11 is 1.36. The van der Waals surface area contributed by atoms with Crippen molar-refractivity contribution in [2.45, 2.75) is 0 Å². The first-order valence-corrected chi connectivity index (χ1v) is 8.47. The molecule has 122 valence electrons. The topological polar surface area (TPSA) is 72.7 Å². The molecule has 0 saturated heterocycles. The number of para-hydroxylation sites is 1. The lowest BCUT2D eigenvalue weighted by Gasteiger charge is -2.06. The Balaban J connectivity index is 1.56. The Morgan fingerprint density at radius 1 is 0.960 bits per heavy atom. The van der Waals surface area contributed by atoms with Crippen LogP contribution in [0, 0.1) is 0 Å². The number of pyridine rings is 1. The van der Waals surface area contributed by atoms with Gasteiger partial charge in [-0.25, -0.2) is 9.67 Å². The summed E-state index contributed by atoms with van der Waals surface area (Å²) in [5.74, 6) is -0.261. The molecule has 0 unspecified atom stereocenters. The fraction of sp³-hybridized carbons (Fsp3) is 0. The van der Waals surface area contributed by atoms with E-state index in [9.17, 15) is 4.79 Å². The van der Waals surface area contributed by atoms with E-state index in [1.807, 2.05) is 53.9 Å². The van der Waals surface area contributed by atoms with Gasteiger partial charge in [0.05, 0.1) is 17.6 Å². The molecule has 7 heteroatoms. The molecular formula is C18H13N5OS. The van der Waals surface area contributed by atoms with Crippen molar-refractivity contribution in [2.24, 2.45) is 0 Å². The Morgan fingerprint density at radius 3 is 2.60 bits per heavy atom. The predicted molar refractivity (Wildman–Crippen MR) is 96.9 cm³/mol. The summed E-state index contributed by atoms with van der Waals surface area (Å²) in [5.41, 5.74) is 2.78. The van der Waals surface area contributed by atoms with Crippen LogP contribution in [0.2, 0.25) is 0 Å². The molecule has 3 aromatic heterocycles. The highest BCUT2D eigenvalue weighted by molar-refractivity contribution is 7.14. The number of benzene rings is 1. The number of rotatable bonds is 4. The van der Waals surface area contributed by atoms with Gasteiger partial charge in [0.1, 0.15) is 11.4 Å². The number of anilines is 1. The van der Waals surface area contributed by atoms with Gasteiger partial charge in [0.2, 0.25) is 0 Å². The maximum atomic E-state index is 12.6. The Hall–Kier alpha value is -3.32. The van der Waals surface area contributed by atoms with Crippen LogP contribution in [0.15, 0.2) is 72.4 Å². The van der Waals surface area contributed by atoms with Crippen molar-refractivity contribution in [1.29, 1.82) is 0 Å². The number of nitrogens with zero attached hydrogens (tertiary/aromatic N) is 4. The number of carbonyl (C=O) groups is 1. The summed E-state index contributed by atoms with van der Waals surface area (Å²) in [6, 6.07) is 16.8.